The maximum atomic E-state index is 11.7. The van der Waals surface area contributed by atoms with E-state index < -0.39 is 0 Å². The largest absolute Gasteiger partial charge is 0.466 e. The van der Waals surface area contributed by atoms with Crippen LogP contribution in [0.5, 0.6) is 0 Å². The Balaban J connectivity index is 1.37. The van der Waals surface area contributed by atoms with Gasteiger partial charge in [0.15, 0.2) is 0 Å². The highest BCUT2D eigenvalue weighted by Gasteiger charge is 2.27. The maximum absolute atomic E-state index is 11.7. The Labute approximate surface area is 185 Å². The van der Waals surface area contributed by atoms with E-state index >= 15 is 0 Å². The van der Waals surface area contributed by atoms with Gasteiger partial charge < -0.3 is 10.1 Å². The molecule has 0 spiro atoms. The lowest BCUT2D eigenvalue weighted by molar-refractivity contribution is -0.143. The highest BCUT2D eigenvalue weighted by Crippen LogP contribution is 2.36. The minimum absolute atomic E-state index is 0.111. The molecule has 0 aromatic heterocycles. The number of benzene rings is 3. The first-order chi connectivity index (χ1) is 15.1. The first-order valence-electron chi connectivity index (χ1n) is 11.6. The summed E-state index contributed by atoms with van der Waals surface area (Å²) < 4.78 is 5.06. The molecule has 3 nitrogen and oxygen atoms in total. The molecular formula is C28H33NO2. The van der Waals surface area contributed by atoms with Gasteiger partial charge in [-0.25, -0.2) is 0 Å². The van der Waals surface area contributed by atoms with Gasteiger partial charge in [0.2, 0.25) is 0 Å². The van der Waals surface area contributed by atoms with Crippen LogP contribution in [0.3, 0.4) is 0 Å². The monoisotopic (exact) mass is 415 g/mol. The molecule has 0 saturated heterocycles. The summed E-state index contributed by atoms with van der Waals surface area (Å²) in [6.07, 6.45) is 4.78. The van der Waals surface area contributed by atoms with Gasteiger partial charge in [-0.15, -0.1) is 0 Å². The zero-order chi connectivity index (χ0) is 21.6. The van der Waals surface area contributed by atoms with Crippen molar-refractivity contribution >= 4 is 16.7 Å². The Morgan fingerprint density at radius 3 is 2.74 bits per heavy atom. The number of nitrogens with one attached hydrogen (secondary N) is 1. The van der Waals surface area contributed by atoms with Crippen molar-refractivity contribution in [2.24, 2.45) is 0 Å². The summed E-state index contributed by atoms with van der Waals surface area (Å²) >= 11 is 0. The van der Waals surface area contributed by atoms with Gasteiger partial charge in [-0.05, 0) is 72.9 Å². The zero-order valence-corrected chi connectivity index (χ0v) is 18.6. The Bertz CT molecular complexity index is 1020. The Kier molecular flexibility index (Phi) is 7.03. The van der Waals surface area contributed by atoms with E-state index in [1.54, 1.807) is 0 Å². The van der Waals surface area contributed by atoms with Gasteiger partial charge in [-0.3, -0.25) is 4.79 Å². The van der Waals surface area contributed by atoms with E-state index in [9.17, 15) is 4.79 Å². The van der Waals surface area contributed by atoms with Crippen LogP contribution in [-0.2, 0) is 16.0 Å². The molecule has 0 aliphatic heterocycles. The Morgan fingerprint density at radius 2 is 1.87 bits per heavy atom. The standard InChI is InChI=1S/C28H33NO2/c1-3-31-28(30)17-14-21-8-6-11-23(18-21)24-15-16-25(19-24)29-20(2)26-13-7-10-22-9-4-5-12-27(22)26/h4-13,18,20,24-25,29H,3,14-17,19H2,1-2H3/t20-,24?,25?/m1/s1. The smallest absolute Gasteiger partial charge is 0.306 e. The number of fused-ring (bicyclic) bond motifs is 1. The van der Waals surface area contributed by atoms with E-state index in [4.69, 9.17) is 4.74 Å². The molecule has 3 aromatic carbocycles. The van der Waals surface area contributed by atoms with Crippen LogP contribution in [0.2, 0.25) is 0 Å². The predicted molar refractivity (Wildman–Crippen MR) is 127 cm³/mol. The van der Waals surface area contributed by atoms with Crippen LogP contribution in [0, 0.1) is 0 Å². The number of hydrogen-bond donors (Lipinski definition) is 1. The van der Waals surface area contributed by atoms with Crippen LogP contribution >= 0.6 is 0 Å². The Morgan fingerprint density at radius 1 is 1.06 bits per heavy atom. The third kappa shape index (κ3) is 5.34. The fourth-order valence-corrected chi connectivity index (χ4v) is 4.99. The second kappa shape index (κ2) is 10.1. The highest BCUT2D eigenvalue weighted by atomic mass is 16.5. The van der Waals surface area contributed by atoms with Crippen LogP contribution < -0.4 is 5.32 Å². The van der Waals surface area contributed by atoms with E-state index in [0.29, 0.717) is 31.0 Å². The van der Waals surface area contributed by atoms with Crippen LogP contribution in [0.25, 0.3) is 10.8 Å². The Hall–Kier alpha value is -2.65. The molecule has 0 bridgehead atoms. The van der Waals surface area contributed by atoms with Crippen molar-refractivity contribution in [1.29, 1.82) is 0 Å². The number of rotatable bonds is 8. The summed E-state index contributed by atoms with van der Waals surface area (Å²) in [4.78, 5) is 11.7. The van der Waals surface area contributed by atoms with Crippen molar-refractivity contribution in [1.82, 2.24) is 5.32 Å². The highest BCUT2D eigenvalue weighted by molar-refractivity contribution is 5.86. The number of carbonyl (C=O) groups excluding carboxylic acids is 1. The lowest BCUT2D eigenvalue weighted by atomic mass is 9.94. The summed E-state index contributed by atoms with van der Waals surface area (Å²) in [5, 5.41) is 6.54. The van der Waals surface area contributed by atoms with Crippen LogP contribution in [0.4, 0.5) is 0 Å². The number of esters is 1. The van der Waals surface area contributed by atoms with Gasteiger partial charge in [0, 0.05) is 18.5 Å². The normalized spacial score (nSPS) is 19.4. The summed E-state index contributed by atoms with van der Waals surface area (Å²) in [6.45, 7) is 4.59. The molecule has 1 aliphatic carbocycles. The van der Waals surface area contributed by atoms with E-state index in [1.165, 1.54) is 40.3 Å². The molecule has 0 amide bonds. The summed E-state index contributed by atoms with van der Waals surface area (Å²) in [5.41, 5.74) is 4.01. The molecule has 1 N–H and O–H groups in total. The molecule has 31 heavy (non-hydrogen) atoms. The average molecular weight is 416 g/mol. The average Bonchev–Trinajstić information content (AvgIpc) is 3.26. The van der Waals surface area contributed by atoms with E-state index in [0.717, 1.165) is 12.8 Å². The third-order valence-corrected chi connectivity index (χ3v) is 6.55. The quantitative estimate of drug-likeness (QED) is 0.437. The zero-order valence-electron chi connectivity index (χ0n) is 18.6. The lowest BCUT2D eigenvalue weighted by Gasteiger charge is -2.22. The van der Waals surface area contributed by atoms with E-state index in [1.807, 2.05) is 6.92 Å². The van der Waals surface area contributed by atoms with Crippen molar-refractivity contribution in [3.63, 3.8) is 0 Å². The molecular weight excluding hydrogens is 382 g/mol. The predicted octanol–water partition coefficient (Wildman–Crippen LogP) is 6.32. The van der Waals surface area contributed by atoms with Crippen molar-refractivity contribution < 1.29 is 9.53 Å². The molecule has 3 atom stereocenters. The number of carbonyl (C=O) groups is 1. The molecule has 0 radical (unpaired) electrons. The number of hydrogen-bond acceptors (Lipinski definition) is 3. The first kappa shape index (κ1) is 21.6. The number of aryl methyl sites for hydroxylation is 1. The van der Waals surface area contributed by atoms with Gasteiger partial charge in [-0.1, -0.05) is 66.7 Å². The fourth-order valence-electron chi connectivity index (χ4n) is 4.99. The topological polar surface area (TPSA) is 38.3 Å². The van der Waals surface area contributed by atoms with Crippen LogP contribution in [0.1, 0.15) is 68.2 Å². The van der Waals surface area contributed by atoms with E-state index in [-0.39, 0.29) is 5.97 Å². The van der Waals surface area contributed by atoms with Gasteiger partial charge >= 0.3 is 5.97 Å². The minimum Gasteiger partial charge on any atom is -0.466 e. The number of ether oxygens (including phenoxy) is 1. The van der Waals surface area contributed by atoms with Gasteiger partial charge in [0.05, 0.1) is 6.61 Å². The molecule has 3 aromatic rings. The summed E-state index contributed by atoms with van der Waals surface area (Å²) in [5.74, 6) is 0.472. The second-order valence-electron chi connectivity index (χ2n) is 8.71. The molecule has 1 aliphatic rings. The SMILES string of the molecule is CCOC(=O)CCc1cccc(C2CCC(N[C@H](C)c3cccc4ccccc34)C2)c1. The van der Waals surface area contributed by atoms with Crippen molar-refractivity contribution in [2.75, 3.05) is 6.61 Å². The van der Waals surface area contributed by atoms with Gasteiger partial charge in [0.1, 0.15) is 0 Å². The van der Waals surface area contributed by atoms with Crippen LogP contribution in [0.15, 0.2) is 66.7 Å². The molecule has 1 fully saturated rings. The van der Waals surface area contributed by atoms with Crippen molar-refractivity contribution in [3.8, 4) is 0 Å². The fraction of sp³-hybridized carbons (Fsp3) is 0.393. The van der Waals surface area contributed by atoms with Gasteiger partial charge in [-0.2, -0.15) is 0 Å². The summed E-state index contributed by atoms with van der Waals surface area (Å²) in [6, 6.07) is 24.9. The van der Waals surface area contributed by atoms with Crippen LogP contribution in [-0.4, -0.2) is 18.6 Å². The van der Waals surface area contributed by atoms with Gasteiger partial charge in [0.25, 0.3) is 0 Å². The van der Waals surface area contributed by atoms with Crippen molar-refractivity contribution in [3.05, 3.63) is 83.4 Å². The lowest BCUT2D eigenvalue weighted by Crippen LogP contribution is -2.29. The molecule has 3 heteroatoms. The molecule has 4 rings (SSSR count). The van der Waals surface area contributed by atoms with E-state index in [2.05, 4.69) is 79.0 Å². The van der Waals surface area contributed by atoms with Crippen molar-refractivity contribution in [2.45, 2.75) is 64.0 Å². The first-order valence-corrected chi connectivity index (χ1v) is 11.6. The molecule has 162 valence electrons. The minimum atomic E-state index is -0.111. The molecule has 2 unspecified atom stereocenters. The molecule has 0 heterocycles. The maximum Gasteiger partial charge on any atom is 0.306 e. The second-order valence-corrected chi connectivity index (χ2v) is 8.71. The third-order valence-electron chi connectivity index (χ3n) is 6.55. The molecule has 1 saturated carbocycles. The summed E-state index contributed by atoms with van der Waals surface area (Å²) in [7, 11) is 0.